The van der Waals surface area contributed by atoms with E-state index >= 15 is 0 Å². The summed E-state index contributed by atoms with van der Waals surface area (Å²) < 4.78 is 5.07. The number of carbonyl (C=O) groups is 3. The molecule has 1 aliphatic heterocycles. The number of hydrogen-bond acceptors (Lipinski definition) is 4. The minimum atomic E-state index is -0.450. The second-order valence-electron chi connectivity index (χ2n) is 6.96. The molecule has 0 bridgehead atoms. The SMILES string of the molecule is CC(C)N1CC(C(=O)OCC(=O)NCC2CCCCC2)CC1=O. The highest BCUT2D eigenvalue weighted by atomic mass is 16.5. The Labute approximate surface area is 137 Å². The molecule has 0 aromatic rings. The first-order valence-electron chi connectivity index (χ1n) is 8.70. The third-order valence-electron chi connectivity index (χ3n) is 4.77. The molecule has 0 aromatic heterocycles. The summed E-state index contributed by atoms with van der Waals surface area (Å²) in [6.07, 6.45) is 6.26. The third-order valence-corrected chi connectivity index (χ3v) is 4.77. The molecule has 1 saturated heterocycles. The summed E-state index contributed by atoms with van der Waals surface area (Å²) in [6.45, 7) is 4.64. The Balaban J connectivity index is 1.66. The lowest BCUT2D eigenvalue weighted by Crippen LogP contribution is -2.35. The Bertz CT molecular complexity index is 444. The fourth-order valence-corrected chi connectivity index (χ4v) is 3.34. The topological polar surface area (TPSA) is 75.7 Å². The molecule has 1 aliphatic carbocycles. The molecule has 0 aromatic carbocycles. The zero-order chi connectivity index (χ0) is 16.8. The smallest absolute Gasteiger partial charge is 0.311 e. The number of amides is 2. The van der Waals surface area contributed by atoms with Crippen molar-refractivity contribution in [3.63, 3.8) is 0 Å². The molecule has 1 heterocycles. The molecule has 23 heavy (non-hydrogen) atoms. The normalized spacial score (nSPS) is 22.5. The summed E-state index contributed by atoms with van der Waals surface area (Å²) in [4.78, 5) is 37.2. The first kappa shape index (κ1) is 17.8. The van der Waals surface area contributed by atoms with Crippen molar-refractivity contribution in [1.82, 2.24) is 10.2 Å². The van der Waals surface area contributed by atoms with Crippen molar-refractivity contribution < 1.29 is 19.1 Å². The van der Waals surface area contributed by atoms with Gasteiger partial charge in [-0.2, -0.15) is 0 Å². The van der Waals surface area contributed by atoms with Gasteiger partial charge < -0.3 is 15.0 Å². The Morgan fingerprint density at radius 3 is 2.57 bits per heavy atom. The highest BCUT2D eigenvalue weighted by Crippen LogP contribution is 2.23. The number of rotatable bonds is 6. The summed E-state index contributed by atoms with van der Waals surface area (Å²) in [5.41, 5.74) is 0. The number of nitrogens with one attached hydrogen (secondary N) is 1. The van der Waals surface area contributed by atoms with Crippen LogP contribution in [-0.4, -0.2) is 48.4 Å². The van der Waals surface area contributed by atoms with Crippen LogP contribution in [0.1, 0.15) is 52.4 Å². The number of likely N-dealkylation sites (tertiary alicyclic amines) is 1. The first-order chi connectivity index (χ1) is 11.0. The maximum atomic E-state index is 12.0. The van der Waals surface area contributed by atoms with Crippen LogP contribution in [0.4, 0.5) is 0 Å². The number of nitrogens with zero attached hydrogens (tertiary/aromatic N) is 1. The van der Waals surface area contributed by atoms with Gasteiger partial charge >= 0.3 is 5.97 Å². The lowest BCUT2D eigenvalue weighted by molar-refractivity contribution is -0.152. The van der Waals surface area contributed by atoms with E-state index in [0.29, 0.717) is 19.0 Å². The average Bonchev–Trinajstić information content (AvgIpc) is 2.94. The van der Waals surface area contributed by atoms with Crippen LogP contribution in [0.15, 0.2) is 0 Å². The molecular formula is C17H28N2O4. The van der Waals surface area contributed by atoms with Crippen molar-refractivity contribution in [2.75, 3.05) is 19.7 Å². The van der Waals surface area contributed by atoms with Gasteiger partial charge in [0.05, 0.1) is 5.92 Å². The van der Waals surface area contributed by atoms with E-state index in [1.54, 1.807) is 4.90 Å². The fraction of sp³-hybridized carbons (Fsp3) is 0.824. The number of carbonyl (C=O) groups excluding carboxylic acids is 3. The van der Waals surface area contributed by atoms with Crippen LogP contribution in [0.5, 0.6) is 0 Å². The minimum Gasteiger partial charge on any atom is -0.455 e. The van der Waals surface area contributed by atoms with E-state index in [2.05, 4.69) is 5.32 Å². The molecule has 130 valence electrons. The Hall–Kier alpha value is -1.59. The Morgan fingerprint density at radius 1 is 1.26 bits per heavy atom. The maximum absolute atomic E-state index is 12.0. The van der Waals surface area contributed by atoms with Gasteiger partial charge in [0.1, 0.15) is 0 Å². The van der Waals surface area contributed by atoms with Crippen molar-refractivity contribution >= 4 is 17.8 Å². The van der Waals surface area contributed by atoms with E-state index in [-0.39, 0.29) is 30.9 Å². The molecule has 2 fully saturated rings. The largest absolute Gasteiger partial charge is 0.455 e. The number of ether oxygens (including phenoxy) is 1. The van der Waals surface area contributed by atoms with E-state index < -0.39 is 11.9 Å². The lowest BCUT2D eigenvalue weighted by atomic mass is 9.89. The van der Waals surface area contributed by atoms with Gasteiger partial charge in [-0.05, 0) is 32.6 Å². The molecule has 1 saturated carbocycles. The van der Waals surface area contributed by atoms with E-state index in [4.69, 9.17) is 4.74 Å². The average molecular weight is 324 g/mol. The van der Waals surface area contributed by atoms with Gasteiger partial charge in [0.2, 0.25) is 5.91 Å². The summed E-state index contributed by atoms with van der Waals surface area (Å²) in [5, 5.41) is 2.84. The second kappa shape index (κ2) is 8.31. The van der Waals surface area contributed by atoms with Crippen molar-refractivity contribution in [2.24, 2.45) is 11.8 Å². The third kappa shape index (κ3) is 5.22. The van der Waals surface area contributed by atoms with E-state index in [1.807, 2.05) is 13.8 Å². The lowest BCUT2D eigenvalue weighted by Gasteiger charge is -2.21. The highest BCUT2D eigenvalue weighted by Gasteiger charge is 2.36. The molecule has 1 unspecified atom stereocenters. The number of hydrogen-bond donors (Lipinski definition) is 1. The molecule has 1 N–H and O–H groups in total. The van der Waals surface area contributed by atoms with Crippen LogP contribution in [0.25, 0.3) is 0 Å². The highest BCUT2D eigenvalue weighted by molar-refractivity contribution is 5.88. The summed E-state index contributed by atoms with van der Waals surface area (Å²) in [6, 6.07) is 0.0825. The Kier molecular flexibility index (Phi) is 6.42. The maximum Gasteiger partial charge on any atom is 0.311 e. The van der Waals surface area contributed by atoms with Crippen LogP contribution in [0.2, 0.25) is 0 Å². The van der Waals surface area contributed by atoms with Gasteiger partial charge in [-0.15, -0.1) is 0 Å². The number of esters is 1. The van der Waals surface area contributed by atoms with Gasteiger partial charge in [-0.3, -0.25) is 14.4 Å². The van der Waals surface area contributed by atoms with Crippen LogP contribution >= 0.6 is 0 Å². The molecule has 2 aliphatic rings. The van der Waals surface area contributed by atoms with Gasteiger partial charge in [-0.25, -0.2) is 0 Å². The van der Waals surface area contributed by atoms with Crippen LogP contribution < -0.4 is 5.32 Å². The van der Waals surface area contributed by atoms with Crippen molar-refractivity contribution in [3.05, 3.63) is 0 Å². The zero-order valence-electron chi connectivity index (χ0n) is 14.2. The molecule has 1 atom stereocenters. The second-order valence-corrected chi connectivity index (χ2v) is 6.96. The molecule has 6 nitrogen and oxygen atoms in total. The summed E-state index contributed by atoms with van der Waals surface area (Å²) in [5.74, 6) is -0.626. The van der Waals surface area contributed by atoms with E-state index in [1.165, 1.54) is 19.3 Å². The predicted molar refractivity (Wildman–Crippen MR) is 85.5 cm³/mol. The first-order valence-corrected chi connectivity index (χ1v) is 8.70. The minimum absolute atomic E-state index is 0.0244. The van der Waals surface area contributed by atoms with Gasteiger partial charge in [0.25, 0.3) is 5.91 Å². The molecule has 0 radical (unpaired) electrons. The molecular weight excluding hydrogens is 296 g/mol. The quantitative estimate of drug-likeness (QED) is 0.751. The standard InChI is InChI=1S/C17H28N2O4/c1-12(2)19-10-14(8-16(19)21)17(22)23-11-15(20)18-9-13-6-4-3-5-7-13/h12-14H,3-11H2,1-2H3,(H,18,20). The van der Waals surface area contributed by atoms with Gasteiger partial charge in [0.15, 0.2) is 6.61 Å². The van der Waals surface area contributed by atoms with E-state index in [0.717, 1.165) is 12.8 Å². The van der Waals surface area contributed by atoms with Crippen molar-refractivity contribution in [2.45, 2.75) is 58.4 Å². The van der Waals surface area contributed by atoms with Crippen LogP contribution in [0.3, 0.4) is 0 Å². The van der Waals surface area contributed by atoms with Crippen molar-refractivity contribution in [1.29, 1.82) is 0 Å². The van der Waals surface area contributed by atoms with Gasteiger partial charge in [-0.1, -0.05) is 19.3 Å². The molecule has 0 spiro atoms. The van der Waals surface area contributed by atoms with Crippen LogP contribution in [0, 0.1) is 11.8 Å². The fourth-order valence-electron chi connectivity index (χ4n) is 3.34. The predicted octanol–water partition coefficient (Wildman–Crippen LogP) is 1.48. The summed E-state index contributed by atoms with van der Waals surface area (Å²) in [7, 11) is 0. The van der Waals surface area contributed by atoms with Crippen LogP contribution in [-0.2, 0) is 19.1 Å². The Morgan fingerprint density at radius 2 is 1.96 bits per heavy atom. The van der Waals surface area contributed by atoms with Gasteiger partial charge in [0, 0.05) is 25.6 Å². The van der Waals surface area contributed by atoms with E-state index in [9.17, 15) is 14.4 Å². The monoisotopic (exact) mass is 324 g/mol. The zero-order valence-corrected chi connectivity index (χ0v) is 14.2. The summed E-state index contributed by atoms with van der Waals surface area (Å²) >= 11 is 0. The van der Waals surface area contributed by atoms with Crippen molar-refractivity contribution in [3.8, 4) is 0 Å². The molecule has 2 rings (SSSR count). The molecule has 2 amide bonds. The molecule has 6 heteroatoms.